The Labute approximate surface area is 174 Å². The van der Waals surface area contributed by atoms with E-state index in [1.165, 1.54) is 18.2 Å². The van der Waals surface area contributed by atoms with Gasteiger partial charge in [-0.3, -0.25) is 4.79 Å². The molecule has 0 saturated carbocycles. The summed E-state index contributed by atoms with van der Waals surface area (Å²) in [4.78, 5) is 16.9. The molecule has 2 aromatic carbocycles. The third kappa shape index (κ3) is 4.06. The Morgan fingerprint density at radius 3 is 2.37 bits per heavy atom. The number of amides is 1. The Hall–Kier alpha value is -3.22. The number of carbonyl (C=O) groups is 1. The van der Waals surface area contributed by atoms with E-state index in [0.717, 1.165) is 30.0 Å². The molecule has 1 saturated heterocycles. The average molecular weight is 410 g/mol. The van der Waals surface area contributed by atoms with Crippen LogP contribution < -0.4 is 4.90 Å². The second kappa shape index (κ2) is 8.26. The zero-order chi connectivity index (χ0) is 21.3. The fourth-order valence-electron chi connectivity index (χ4n) is 3.90. The summed E-state index contributed by atoms with van der Waals surface area (Å²) in [6.07, 6.45) is 0.787. The van der Waals surface area contributed by atoms with Crippen molar-refractivity contribution < 1.29 is 13.6 Å². The van der Waals surface area contributed by atoms with Gasteiger partial charge >= 0.3 is 0 Å². The first-order valence-electron chi connectivity index (χ1n) is 10.1. The van der Waals surface area contributed by atoms with Crippen LogP contribution in [0.4, 0.5) is 14.5 Å². The molecule has 3 aromatic rings. The van der Waals surface area contributed by atoms with Crippen molar-refractivity contribution in [3.63, 3.8) is 0 Å². The van der Waals surface area contributed by atoms with Crippen LogP contribution in [0.5, 0.6) is 0 Å². The maximum Gasteiger partial charge on any atom is 0.254 e. The molecule has 7 heteroatoms. The SMILES string of the molecule is Cc1cc(C)n(-c2ccc(C(=O)N3CCCN(c4ccc(F)cc4)CC3)cc2F)n1. The van der Waals surface area contributed by atoms with E-state index in [2.05, 4.69) is 10.00 Å². The van der Waals surface area contributed by atoms with Crippen LogP contribution in [0.15, 0.2) is 48.5 Å². The lowest BCUT2D eigenvalue weighted by Crippen LogP contribution is -2.35. The van der Waals surface area contributed by atoms with Gasteiger partial charge in [0.25, 0.3) is 5.91 Å². The van der Waals surface area contributed by atoms with E-state index in [9.17, 15) is 13.6 Å². The second-order valence-electron chi connectivity index (χ2n) is 7.61. The van der Waals surface area contributed by atoms with E-state index >= 15 is 0 Å². The molecule has 0 bridgehead atoms. The zero-order valence-corrected chi connectivity index (χ0v) is 17.1. The van der Waals surface area contributed by atoms with Crippen LogP contribution in [0.25, 0.3) is 5.69 Å². The largest absolute Gasteiger partial charge is 0.370 e. The van der Waals surface area contributed by atoms with Gasteiger partial charge in [0.15, 0.2) is 0 Å². The van der Waals surface area contributed by atoms with Crippen molar-refractivity contribution in [2.45, 2.75) is 20.3 Å². The van der Waals surface area contributed by atoms with Crippen LogP contribution in [0.3, 0.4) is 0 Å². The van der Waals surface area contributed by atoms with E-state index in [0.29, 0.717) is 30.9 Å². The molecule has 0 atom stereocenters. The average Bonchev–Trinajstić information content (AvgIpc) is 2.92. The smallest absolute Gasteiger partial charge is 0.254 e. The van der Waals surface area contributed by atoms with Gasteiger partial charge in [0.05, 0.1) is 5.69 Å². The van der Waals surface area contributed by atoms with Crippen molar-refractivity contribution in [1.29, 1.82) is 0 Å². The molecule has 1 aliphatic rings. The van der Waals surface area contributed by atoms with Gasteiger partial charge in [0, 0.05) is 43.1 Å². The first-order chi connectivity index (χ1) is 14.4. The van der Waals surface area contributed by atoms with Gasteiger partial charge in [0.2, 0.25) is 0 Å². The summed E-state index contributed by atoms with van der Waals surface area (Å²) in [5, 5.41) is 4.31. The Morgan fingerprint density at radius 2 is 1.70 bits per heavy atom. The predicted molar refractivity (Wildman–Crippen MR) is 112 cm³/mol. The van der Waals surface area contributed by atoms with Crippen molar-refractivity contribution in [1.82, 2.24) is 14.7 Å². The number of hydrogen-bond acceptors (Lipinski definition) is 3. The number of anilines is 1. The van der Waals surface area contributed by atoms with Gasteiger partial charge < -0.3 is 9.80 Å². The molecule has 2 heterocycles. The minimum Gasteiger partial charge on any atom is -0.370 e. The summed E-state index contributed by atoms with van der Waals surface area (Å²) < 4.78 is 29.5. The van der Waals surface area contributed by atoms with Crippen LogP contribution in [-0.4, -0.2) is 46.8 Å². The summed E-state index contributed by atoms with van der Waals surface area (Å²) in [5.41, 5.74) is 3.23. The predicted octanol–water partition coefficient (Wildman–Crippen LogP) is 4.12. The monoisotopic (exact) mass is 410 g/mol. The quantitative estimate of drug-likeness (QED) is 0.652. The summed E-state index contributed by atoms with van der Waals surface area (Å²) >= 11 is 0. The number of halogens is 2. The van der Waals surface area contributed by atoms with E-state index in [1.54, 1.807) is 33.8 Å². The van der Waals surface area contributed by atoms with Crippen molar-refractivity contribution in [3.8, 4) is 5.69 Å². The lowest BCUT2D eigenvalue weighted by molar-refractivity contribution is 0.0766. The van der Waals surface area contributed by atoms with Crippen LogP contribution >= 0.6 is 0 Å². The van der Waals surface area contributed by atoms with Crippen LogP contribution in [-0.2, 0) is 0 Å². The number of nitrogens with zero attached hydrogens (tertiary/aromatic N) is 4. The number of aryl methyl sites for hydroxylation is 2. The van der Waals surface area contributed by atoms with Gasteiger partial charge in [-0.1, -0.05) is 0 Å². The third-order valence-corrected chi connectivity index (χ3v) is 5.41. The number of rotatable bonds is 3. The van der Waals surface area contributed by atoms with Gasteiger partial charge in [-0.2, -0.15) is 5.10 Å². The molecule has 0 unspecified atom stereocenters. The van der Waals surface area contributed by atoms with Crippen LogP contribution in [0.2, 0.25) is 0 Å². The summed E-state index contributed by atoms with van der Waals surface area (Å²) in [7, 11) is 0. The van der Waals surface area contributed by atoms with Gasteiger partial charge in [-0.25, -0.2) is 13.5 Å². The molecule has 1 aromatic heterocycles. The van der Waals surface area contributed by atoms with Gasteiger partial charge in [-0.15, -0.1) is 0 Å². The fourth-order valence-corrected chi connectivity index (χ4v) is 3.90. The number of carbonyl (C=O) groups excluding carboxylic acids is 1. The van der Waals surface area contributed by atoms with E-state index in [4.69, 9.17) is 0 Å². The molecule has 0 spiro atoms. The molecule has 156 valence electrons. The highest BCUT2D eigenvalue weighted by atomic mass is 19.1. The minimum absolute atomic E-state index is 0.185. The number of hydrogen-bond donors (Lipinski definition) is 0. The highest BCUT2D eigenvalue weighted by molar-refractivity contribution is 5.94. The van der Waals surface area contributed by atoms with E-state index < -0.39 is 5.82 Å². The molecule has 0 aliphatic carbocycles. The maximum absolute atomic E-state index is 14.8. The third-order valence-electron chi connectivity index (χ3n) is 5.41. The molecule has 0 radical (unpaired) electrons. The van der Waals surface area contributed by atoms with Gasteiger partial charge in [0.1, 0.15) is 17.3 Å². The molecular weight excluding hydrogens is 386 g/mol. The molecule has 1 amide bonds. The highest BCUT2D eigenvalue weighted by Crippen LogP contribution is 2.21. The summed E-state index contributed by atoms with van der Waals surface area (Å²) in [6, 6.07) is 12.8. The Balaban J connectivity index is 1.48. The molecule has 1 fully saturated rings. The molecular formula is C23H24F2N4O. The first-order valence-corrected chi connectivity index (χ1v) is 10.1. The topological polar surface area (TPSA) is 41.4 Å². The summed E-state index contributed by atoms with van der Waals surface area (Å²) in [6.45, 7) is 6.26. The second-order valence-corrected chi connectivity index (χ2v) is 7.61. The lowest BCUT2D eigenvalue weighted by atomic mass is 10.1. The maximum atomic E-state index is 14.8. The Kier molecular flexibility index (Phi) is 5.53. The molecule has 4 rings (SSSR count). The number of aromatic nitrogens is 2. The minimum atomic E-state index is -0.477. The first kappa shape index (κ1) is 20.1. The van der Waals surface area contributed by atoms with E-state index in [1.807, 2.05) is 19.9 Å². The van der Waals surface area contributed by atoms with E-state index in [-0.39, 0.29) is 11.7 Å². The highest BCUT2D eigenvalue weighted by Gasteiger charge is 2.22. The van der Waals surface area contributed by atoms with Crippen molar-refractivity contribution in [3.05, 3.63) is 77.1 Å². The molecule has 0 N–H and O–H groups in total. The van der Waals surface area contributed by atoms with Crippen molar-refractivity contribution in [2.24, 2.45) is 0 Å². The van der Waals surface area contributed by atoms with Gasteiger partial charge in [-0.05, 0) is 68.8 Å². The molecule has 30 heavy (non-hydrogen) atoms. The number of benzene rings is 2. The summed E-state index contributed by atoms with van der Waals surface area (Å²) in [5.74, 6) is -0.930. The van der Waals surface area contributed by atoms with Crippen molar-refractivity contribution in [2.75, 3.05) is 31.1 Å². The fraction of sp³-hybridized carbons (Fsp3) is 0.304. The molecule has 5 nitrogen and oxygen atoms in total. The molecule has 1 aliphatic heterocycles. The lowest BCUT2D eigenvalue weighted by Gasteiger charge is -2.24. The standard InChI is InChI=1S/C23H24F2N4O/c1-16-14-17(2)29(26-16)22-9-4-18(15-21(22)25)23(30)28-11-3-10-27(12-13-28)20-7-5-19(24)6-8-20/h4-9,14-15H,3,10-13H2,1-2H3. The Morgan fingerprint density at radius 1 is 0.933 bits per heavy atom. The Bertz CT molecular complexity index is 1060. The zero-order valence-electron chi connectivity index (χ0n) is 17.1. The van der Waals surface area contributed by atoms with Crippen molar-refractivity contribution >= 4 is 11.6 Å². The normalized spacial score (nSPS) is 14.7. The van der Waals surface area contributed by atoms with Crippen LogP contribution in [0, 0.1) is 25.5 Å². The van der Waals surface area contributed by atoms with Crippen LogP contribution in [0.1, 0.15) is 28.2 Å².